The number of methoxy groups -OCH3 is 1. The smallest absolute Gasteiger partial charge is 0.324 e. The lowest BCUT2D eigenvalue weighted by Gasteiger charge is -2.33. The largest absolute Gasteiger partial charge is 0.469 e. The van der Waals surface area contributed by atoms with Crippen molar-refractivity contribution in [1.29, 1.82) is 0 Å². The molecule has 3 rings (SSSR count). The highest BCUT2D eigenvalue weighted by atomic mass is 79.9. The lowest BCUT2D eigenvalue weighted by molar-refractivity contribution is -0.139. The molecular weight excluding hydrogens is 424 g/mol. The van der Waals surface area contributed by atoms with Crippen LogP contribution in [0.25, 0.3) is 0 Å². The number of amides is 2. The normalized spacial score (nSPS) is 13.9. The third kappa shape index (κ3) is 5.33. The van der Waals surface area contributed by atoms with Crippen LogP contribution in [-0.2, 0) is 27.2 Å². The van der Waals surface area contributed by atoms with Gasteiger partial charge in [0.2, 0.25) is 0 Å². The number of ether oxygens (including phenoxy) is 2. The number of anilines is 1. The SMILES string of the molecule is COC(=O)Cc1ccc(CN(C(=O)N2CCOCC2)c2cccc(Br)c2)cc1. The van der Waals surface area contributed by atoms with Crippen LogP contribution < -0.4 is 4.90 Å². The van der Waals surface area contributed by atoms with Crippen molar-refractivity contribution in [2.45, 2.75) is 13.0 Å². The Bertz CT molecular complexity index is 819. The second-order valence-corrected chi connectivity index (χ2v) is 7.43. The van der Waals surface area contributed by atoms with E-state index in [1.807, 2.05) is 53.4 Å². The van der Waals surface area contributed by atoms with E-state index in [1.165, 1.54) is 7.11 Å². The van der Waals surface area contributed by atoms with Crippen molar-refractivity contribution in [2.75, 3.05) is 38.3 Å². The Balaban J connectivity index is 1.80. The van der Waals surface area contributed by atoms with Crippen LogP contribution in [0.5, 0.6) is 0 Å². The second-order valence-electron chi connectivity index (χ2n) is 6.52. The molecule has 1 heterocycles. The zero-order valence-electron chi connectivity index (χ0n) is 15.8. The first-order chi connectivity index (χ1) is 13.6. The molecule has 1 fully saturated rings. The lowest BCUT2D eigenvalue weighted by Crippen LogP contribution is -2.48. The Hall–Kier alpha value is -2.38. The monoisotopic (exact) mass is 446 g/mol. The van der Waals surface area contributed by atoms with Gasteiger partial charge in [-0.25, -0.2) is 4.79 Å². The van der Waals surface area contributed by atoms with Gasteiger partial charge in [-0.15, -0.1) is 0 Å². The molecule has 28 heavy (non-hydrogen) atoms. The fourth-order valence-corrected chi connectivity index (χ4v) is 3.41. The molecule has 0 N–H and O–H groups in total. The summed E-state index contributed by atoms with van der Waals surface area (Å²) in [6.45, 7) is 2.72. The molecule has 7 heteroatoms. The molecule has 0 atom stereocenters. The minimum Gasteiger partial charge on any atom is -0.469 e. The number of rotatable bonds is 5. The summed E-state index contributed by atoms with van der Waals surface area (Å²) in [6, 6.07) is 15.3. The number of benzene rings is 2. The molecule has 2 aromatic carbocycles. The third-order valence-corrected chi connectivity index (χ3v) is 5.07. The maximum absolute atomic E-state index is 13.2. The number of morpholine rings is 1. The van der Waals surface area contributed by atoms with E-state index < -0.39 is 0 Å². The van der Waals surface area contributed by atoms with Gasteiger partial charge in [-0.2, -0.15) is 0 Å². The van der Waals surface area contributed by atoms with Crippen molar-refractivity contribution < 1.29 is 19.1 Å². The van der Waals surface area contributed by atoms with Gasteiger partial charge < -0.3 is 14.4 Å². The topological polar surface area (TPSA) is 59.1 Å². The van der Waals surface area contributed by atoms with Crippen molar-refractivity contribution in [1.82, 2.24) is 4.90 Å². The summed E-state index contributed by atoms with van der Waals surface area (Å²) in [5, 5.41) is 0. The molecule has 0 bridgehead atoms. The average molecular weight is 447 g/mol. The van der Waals surface area contributed by atoms with Crippen LogP contribution in [0.1, 0.15) is 11.1 Å². The number of hydrogen-bond donors (Lipinski definition) is 0. The van der Waals surface area contributed by atoms with Crippen molar-refractivity contribution in [3.63, 3.8) is 0 Å². The number of esters is 1. The van der Waals surface area contributed by atoms with Crippen LogP contribution in [0, 0.1) is 0 Å². The van der Waals surface area contributed by atoms with Gasteiger partial charge >= 0.3 is 12.0 Å². The molecular formula is C21H23BrN2O4. The van der Waals surface area contributed by atoms with Crippen molar-refractivity contribution in [3.05, 3.63) is 64.1 Å². The van der Waals surface area contributed by atoms with Crippen LogP contribution in [0.15, 0.2) is 53.0 Å². The zero-order valence-corrected chi connectivity index (χ0v) is 17.4. The van der Waals surface area contributed by atoms with Gasteiger partial charge in [0.25, 0.3) is 0 Å². The van der Waals surface area contributed by atoms with Gasteiger partial charge in [0, 0.05) is 23.2 Å². The van der Waals surface area contributed by atoms with Gasteiger partial charge in [-0.3, -0.25) is 9.69 Å². The Morgan fingerprint density at radius 3 is 2.43 bits per heavy atom. The minimum absolute atomic E-state index is 0.0416. The van der Waals surface area contributed by atoms with E-state index in [4.69, 9.17) is 9.47 Å². The third-order valence-electron chi connectivity index (χ3n) is 4.57. The highest BCUT2D eigenvalue weighted by Crippen LogP contribution is 2.24. The Morgan fingerprint density at radius 1 is 1.11 bits per heavy atom. The molecule has 0 aliphatic carbocycles. The van der Waals surface area contributed by atoms with Gasteiger partial charge in [-0.1, -0.05) is 46.3 Å². The summed E-state index contributed by atoms with van der Waals surface area (Å²) in [6.07, 6.45) is 0.235. The summed E-state index contributed by atoms with van der Waals surface area (Å²) in [4.78, 5) is 28.2. The maximum Gasteiger partial charge on any atom is 0.324 e. The number of nitrogens with zero attached hydrogens (tertiary/aromatic N) is 2. The first-order valence-corrected chi connectivity index (χ1v) is 9.90. The molecule has 1 aliphatic rings. The fourth-order valence-electron chi connectivity index (χ4n) is 3.02. The molecule has 6 nitrogen and oxygen atoms in total. The summed E-state index contributed by atoms with van der Waals surface area (Å²) < 4.78 is 11.0. The van der Waals surface area contributed by atoms with Crippen LogP contribution in [0.3, 0.4) is 0 Å². The Labute approximate surface area is 173 Å². The first-order valence-electron chi connectivity index (χ1n) is 9.11. The summed E-state index contributed by atoms with van der Waals surface area (Å²) >= 11 is 3.48. The number of carbonyl (C=O) groups is 2. The molecule has 0 aromatic heterocycles. The van der Waals surface area contributed by atoms with Crippen molar-refractivity contribution >= 4 is 33.6 Å². The number of urea groups is 1. The van der Waals surface area contributed by atoms with E-state index in [1.54, 1.807) is 4.90 Å². The zero-order chi connectivity index (χ0) is 19.9. The maximum atomic E-state index is 13.2. The number of hydrogen-bond acceptors (Lipinski definition) is 4. The molecule has 1 aliphatic heterocycles. The number of halogens is 1. The molecule has 1 saturated heterocycles. The summed E-state index contributed by atoms with van der Waals surface area (Å²) in [5.74, 6) is -0.272. The van der Waals surface area contributed by atoms with Gasteiger partial charge in [0.15, 0.2) is 0 Å². The Morgan fingerprint density at radius 2 is 1.79 bits per heavy atom. The van der Waals surface area contributed by atoms with Gasteiger partial charge in [-0.05, 0) is 29.3 Å². The van der Waals surface area contributed by atoms with E-state index in [9.17, 15) is 9.59 Å². The minimum atomic E-state index is -0.272. The predicted octanol–water partition coefficient (Wildman–Crippen LogP) is 3.62. The van der Waals surface area contributed by atoms with Crippen LogP contribution in [0.2, 0.25) is 0 Å². The van der Waals surface area contributed by atoms with Gasteiger partial charge in [0.05, 0.1) is 33.3 Å². The van der Waals surface area contributed by atoms with E-state index in [0.29, 0.717) is 32.8 Å². The highest BCUT2D eigenvalue weighted by molar-refractivity contribution is 9.10. The van der Waals surface area contributed by atoms with Crippen LogP contribution >= 0.6 is 15.9 Å². The molecule has 2 amide bonds. The number of carbonyl (C=O) groups excluding carboxylic acids is 2. The second kappa shape index (κ2) is 9.71. The molecule has 0 saturated carbocycles. The standard InChI is InChI=1S/C21H23BrN2O4/c1-27-20(25)13-16-5-7-17(8-6-16)15-24(19-4-2-3-18(22)14-19)21(26)23-9-11-28-12-10-23/h2-8,14H,9-13,15H2,1H3. The Kier molecular flexibility index (Phi) is 7.06. The van der Waals surface area contributed by atoms with E-state index >= 15 is 0 Å². The van der Waals surface area contributed by atoms with E-state index in [-0.39, 0.29) is 18.4 Å². The van der Waals surface area contributed by atoms with Crippen molar-refractivity contribution in [2.24, 2.45) is 0 Å². The molecule has 148 valence electrons. The molecule has 0 radical (unpaired) electrons. The first kappa shape index (κ1) is 20.4. The fraction of sp³-hybridized carbons (Fsp3) is 0.333. The lowest BCUT2D eigenvalue weighted by atomic mass is 10.1. The van der Waals surface area contributed by atoms with Crippen LogP contribution in [0.4, 0.5) is 10.5 Å². The quantitative estimate of drug-likeness (QED) is 0.658. The van der Waals surface area contributed by atoms with Crippen molar-refractivity contribution in [3.8, 4) is 0 Å². The van der Waals surface area contributed by atoms with Crippen LogP contribution in [-0.4, -0.2) is 50.3 Å². The average Bonchev–Trinajstić information content (AvgIpc) is 2.73. The highest BCUT2D eigenvalue weighted by Gasteiger charge is 2.24. The molecule has 2 aromatic rings. The summed E-state index contributed by atoms with van der Waals surface area (Å²) in [7, 11) is 1.38. The molecule has 0 spiro atoms. The summed E-state index contributed by atoms with van der Waals surface area (Å²) in [5.41, 5.74) is 2.68. The predicted molar refractivity (Wildman–Crippen MR) is 110 cm³/mol. The van der Waals surface area contributed by atoms with Gasteiger partial charge in [0.1, 0.15) is 0 Å². The van der Waals surface area contributed by atoms with E-state index in [0.717, 1.165) is 21.3 Å². The molecule has 0 unspecified atom stereocenters. The van der Waals surface area contributed by atoms with E-state index in [2.05, 4.69) is 15.9 Å².